The molecule has 0 aliphatic rings. The van der Waals surface area contributed by atoms with Crippen LogP contribution in [0.4, 0.5) is 0 Å². The molecule has 0 fully saturated rings. The quantitative estimate of drug-likeness (QED) is 0.472. The van der Waals surface area contributed by atoms with Gasteiger partial charge in [0.25, 0.3) is 5.56 Å². The normalized spacial score (nSPS) is 13.0. The van der Waals surface area contributed by atoms with Crippen LogP contribution in [0.15, 0.2) is 68.7 Å². The predicted octanol–water partition coefficient (Wildman–Crippen LogP) is 1.74. The average molecular weight is 445 g/mol. The second-order valence-electron chi connectivity index (χ2n) is 6.96. The van der Waals surface area contributed by atoms with Crippen LogP contribution >= 0.6 is 11.3 Å². The molecule has 0 saturated carbocycles. The zero-order valence-electron chi connectivity index (χ0n) is 16.3. The van der Waals surface area contributed by atoms with Crippen molar-refractivity contribution in [2.24, 2.45) is 14.1 Å². The lowest BCUT2D eigenvalue weighted by molar-refractivity contribution is 0.568. The van der Waals surface area contributed by atoms with Crippen LogP contribution < -0.4 is 16.0 Å². The average Bonchev–Trinajstić information content (AvgIpc) is 3.40. The van der Waals surface area contributed by atoms with Crippen LogP contribution in [0.5, 0.6) is 0 Å². The molecule has 3 heterocycles. The molecule has 0 amide bonds. The Labute approximate surface area is 176 Å². The van der Waals surface area contributed by atoms with Crippen LogP contribution in [0.1, 0.15) is 16.4 Å². The zero-order chi connectivity index (χ0) is 21.5. The first-order valence-corrected chi connectivity index (χ1v) is 11.5. The van der Waals surface area contributed by atoms with E-state index in [9.17, 15) is 18.0 Å². The Balaban J connectivity index is 1.72. The summed E-state index contributed by atoms with van der Waals surface area (Å²) in [5, 5.41) is 2.95. The largest absolute Gasteiger partial charge is 0.361 e. The maximum absolute atomic E-state index is 12.9. The minimum Gasteiger partial charge on any atom is -0.361 e. The molecule has 0 saturated heterocycles. The van der Waals surface area contributed by atoms with E-state index in [4.69, 9.17) is 0 Å². The highest BCUT2D eigenvalue weighted by atomic mass is 32.2. The SMILES string of the molecule is Cn1cc(S(=O)(=O)NC[C@@H](c2cccs2)c2c[nH]c3ccccc23)c(=O)n(C)c1=O. The number of aromatic nitrogens is 3. The third-order valence-electron chi connectivity index (χ3n) is 5.07. The van der Waals surface area contributed by atoms with Crippen molar-refractivity contribution in [3.05, 3.63) is 85.5 Å². The molecule has 30 heavy (non-hydrogen) atoms. The number of aromatic amines is 1. The van der Waals surface area contributed by atoms with Crippen molar-refractivity contribution in [1.29, 1.82) is 0 Å². The first-order chi connectivity index (χ1) is 14.3. The predicted molar refractivity (Wildman–Crippen MR) is 117 cm³/mol. The van der Waals surface area contributed by atoms with E-state index in [1.54, 1.807) is 0 Å². The number of para-hydroxylation sites is 1. The van der Waals surface area contributed by atoms with Gasteiger partial charge >= 0.3 is 5.69 Å². The number of nitrogens with zero attached hydrogens (tertiary/aromatic N) is 2. The highest BCUT2D eigenvalue weighted by Gasteiger charge is 2.25. The van der Waals surface area contributed by atoms with Gasteiger partial charge in [-0.05, 0) is 23.1 Å². The van der Waals surface area contributed by atoms with E-state index < -0.39 is 26.2 Å². The van der Waals surface area contributed by atoms with E-state index in [0.717, 1.165) is 36.7 Å². The van der Waals surface area contributed by atoms with E-state index in [-0.39, 0.29) is 12.5 Å². The summed E-state index contributed by atoms with van der Waals surface area (Å²) in [6.45, 7) is 0.0662. The first kappa shape index (κ1) is 20.3. The fourth-order valence-corrected chi connectivity index (χ4v) is 5.52. The van der Waals surface area contributed by atoms with Gasteiger partial charge in [0.05, 0.1) is 0 Å². The molecule has 4 aromatic rings. The zero-order valence-corrected chi connectivity index (χ0v) is 18.0. The standard InChI is InChI=1S/C20H20N4O4S2/c1-23-12-18(19(25)24(2)20(23)26)30(27,28)22-11-15(17-8-5-9-29-17)14-10-21-16-7-4-3-6-13(14)16/h3-10,12,15,21-22H,11H2,1-2H3/t15-/m1/s1. The molecular weight excluding hydrogens is 424 g/mol. The molecule has 0 aliphatic heterocycles. The molecule has 2 N–H and O–H groups in total. The highest BCUT2D eigenvalue weighted by molar-refractivity contribution is 7.89. The molecular formula is C20H20N4O4S2. The van der Waals surface area contributed by atoms with E-state index in [0.29, 0.717) is 0 Å². The fourth-order valence-electron chi connectivity index (χ4n) is 3.47. The van der Waals surface area contributed by atoms with Crippen LogP contribution in [-0.4, -0.2) is 29.1 Å². The molecule has 0 spiro atoms. The smallest absolute Gasteiger partial charge is 0.330 e. The van der Waals surface area contributed by atoms with Gasteiger partial charge in [0.2, 0.25) is 10.0 Å². The van der Waals surface area contributed by atoms with Crippen molar-refractivity contribution in [2.45, 2.75) is 10.8 Å². The Morgan fingerprint density at radius 1 is 1.13 bits per heavy atom. The summed E-state index contributed by atoms with van der Waals surface area (Å²) in [5.41, 5.74) is 0.479. The van der Waals surface area contributed by atoms with Gasteiger partial charge in [-0.1, -0.05) is 24.3 Å². The fraction of sp³-hybridized carbons (Fsp3) is 0.200. The summed E-state index contributed by atoms with van der Waals surface area (Å²) in [4.78, 5) is 28.0. The van der Waals surface area contributed by atoms with Gasteiger partial charge in [0.15, 0.2) is 4.90 Å². The lowest BCUT2D eigenvalue weighted by atomic mass is 9.97. The molecule has 0 aliphatic carbocycles. The molecule has 1 aromatic carbocycles. The van der Waals surface area contributed by atoms with Crippen LogP contribution in [0.2, 0.25) is 0 Å². The first-order valence-electron chi connectivity index (χ1n) is 9.15. The molecule has 8 nitrogen and oxygen atoms in total. The lowest BCUT2D eigenvalue weighted by Crippen LogP contribution is -2.42. The van der Waals surface area contributed by atoms with Crippen LogP contribution in [-0.2, 0) is 24.1 Å². The van der Waals surface area contributed by atoms with Gasteiger partial charge in [-0.2, -0.15) is 0 Å². The van der Waals surface area contributed by atoms with Gasteiger partial charge in [0, 0.05) is 54.7 Å². The summed E-state index contributed by atoms with van der Waals surface area (Å²) in [6, 6.07) is 11.7. The van der Waals surface area contributed by atoms with Gasteiger partial charge in [0.1, 0.15) is 0 Å². The second kappa shape index (κ2) is 7.71. The molecule has 0 radical (unpaired) electrons. The molecule has 156 valence electrons. The Kier molecular flexibility index (Phi) is 5.22. The number of nitrogens with one attached hydrogen (secondary N) is 2. The summed E-state index contributed by atoms with van der Waals surface area (Å²) in [7, 11) is -1.47. The summed E-state index contributed by atoms with van der Waals surface area (Å²) < 4.78 is 30.3. The number of H-pyrrole nitrogens is 1. The number of hydrogen-bond acceptors (Lipinski definition) is 5. The number of rotatable bonds is 6. The van der Waals surface area contributed by atoms with Crippen molar-refractivity contribution in [3.63, 3.8) is 0 Å². The maximum Gasteiger partial charge on any atom is 0.330 e. The van der Waals surface area contributed by atoms with E-state index in [2.05, 4.69) is 9.71 Å². The summed E-state index contributed by atoms with van der Waals surface area (Å²) in [5.74, 6) is -0.243. The van der Waals surface area contributed by atoms with E-state index in [1.165, 1.54) is 25.4 Å². The molecule has 0 unspecified atom stereocenters. The third-order valence-corrected chi connectivity index (χ3v) is 7.46. The number of aryl methyl sites for hydroxylation is 1. The Morgan fingerprint density at radius 2 is 1.90 bits per heavy atom. The van der Waals surface area contributed by atoms with Crippen molar-refractivity contribution < 1.29 is 8.42 Å². The Morgan fingerprint density at radius 3 is 2.63 bits per heavy atom. The topological polar surface area (TPSA) is 106 Å². The highest BCUT2D eigenvalue weighted by Crippen LogP contribution is 2.33. The molecule has 10 heteroatoms. The van der Waals surface area contributed by atoms with Crippen LogP contribution in [0.3, 0.4) is 0 Å². The number of fused-ring (bicyclic) bond motifs is 1. The van der Waals surface area contributed by atoms with Crippen LogP contribution in [0.25, 0.3) is 10.9 Å². The monoisotopic (exact) mass is 444 g/mol. The Bertz CT molecular complexity index is 1430. The van der Waals surface area contributed by atoms with Crippen molar-refractivity contribution in [1.82, 2.24) is 18.8 Å². The van der Waals surface area contributed by atoms with Crippen molar-refractivity contribution >= 4 is 32.3 Å². The van der Waals surface area contributed by atoms with Crippen molar-refractivity contribution in [3.8, 4) is 0 Å². The summed E-state index contributed by atoms with van der Waals surface area (Å²) >= 11 is 1.53. The van der Waals surface area contributed by atoms with Gasteiger partial charge in [-0.3, -0.25) is 9.36 Å². The number of sulfonamides is 1. The third kappa shape index (κ3) is 3.53. The Hall–Kier alpha value is -2.95. The number of benzene rings is 1. The lowest BCUT2D eigenvalue weighted by Gasteiger charge is -2.17. The van der Waals surface area contributed by atoms with E-state index >= 15 is 0 Å². The minimum absolute atomic E-state index is 0.0662. The molecule has 1 atom stereocenters. The van der Waals surface area contributed by atoms with Gasteiger partial charge in [-0.25, -0.2) is 17.9 Å². The maximum atomic E-state index is 12.9. The van der Waals surface area contributed by atoms with Crippen LogP contribution in [0, 0.1) is 0 Å². The summed E-state index contributed by atoms with van der Waals surface area (Å²) in [6.07, 6.45) is 2.94. The van der Waals surface area contributed by atoms with E-state index in [1.807, 2.05) is 48.0 Å². The minimum atomic E-state index is -4.13. The van der Waals surface area contributed by atoms with Crippen molar-refractivity contribution in [2.75, 3.05) is 6.54 Å². The van der Waals surface area contributed by atoms with Gasteiger partial charge in [-0.15, -0.1) is 11.3 Å². The second-order valence-corrected chi connectivity index (χ2v) is 9.68. The molecule has 0 bridgehead atoms. The molecule has 4 rings (SSSR count). The number of thiophene rings is 1. The number of hydrogen-bond donors (Lipinski definition) is 2. The molecule has 3 aromatic heterocycles. The van der Waals surface area contributed by atoms with Gasteiger partial charge < -0.3 is 9.55 Å².